The third kappa shape index (κ3) is 5.62. The summed E-state index contributed by atoms with van der Waals surface area (Å²) in [5, 5.41) is 6.65. The molecule has 1 aliphatic carbocycles. The zero-order valence-electron chi connectivity index (χ0n) is 21.2. The topological polar surface area (TPSA) is 119 Å². The summed E-state index contributed by atoms with van der Waals surface area (Å²) >= 11 is 12.6. The number of aromatic nitrogens is 2. The highest BCUT2D eigenvalue weighted by molar-refractivity contribution is 6.35. The Morgan fingerprint density at radius 3 is 2.49 bits per heavy atom. The van der Waals surface area contributed by atoms with Crippen molar-refractivity contribution < 1.29 is 14.4 Å². The van der Waals surface area contributed by atoms with Crippen LogP contribution in [0.25, 0.3) is 22.4 Å². The first-order chi connectivity index (χ1) is 18.7. The van der Waals surface area contributed by atoms with E-state index in [-0.39, 0.29) is 30.3 Å². The van der Waals surface area contributed by atoms with Crippen molar-refractivity contribution in [1.29, 1.82) is 0 Å². The molecular formula is C29H27Cl2N5O3. The van der Waals surface area contributed by atoms with Crippen LogP contribution in [0.15, 0.2) is 60.7 Å². The molecule has 1 aliphatic rings. The highest BCUT2D eigenvalue weighted by Crippen LogP contribution is 2.40. The molecule has 3 aromatic carbocycles. The van der Waals surface area contributed by atoms with Gasteiger partial charge in [0.05, 0.1) is 11.0 Å². The lowest BCUT2D eigenvalue weighted by Crippen LogP contribution is -2.25. The zero-order valence-corrected chi connectivity index (χ0v) is 22.7. The van der Waals surface area contributed by atoms with Crippen LogP contribution in [0, 0.1) is 5.92 Å². The van der Waals surface area contributed by atoms with Gasteiger partial charge < -0.3 is 20.9 Å². The molecule has 8 nitrogen and oxygen atoms in total. The van der Waals surface area contributed by atoms with E-state index >= 15 is 0 Å². The van der Waals surface area contributed by atoms with Crippen LogP contribution in [0.4, 0.5) is 0 Å². The van der Waals surface area contributed by atoms with E-state index in [1.165, 1.54) is 0 Å². The number of amides is 3. The lowest BCUT2D eigenvalue weighted by molar-refractivity contribution is -0.124. The molecule has 1 aromatic heterocycles. The molecule has 0 saturated heterocycles. The number of imidazole rings is 1. The lowest BCUT2D eigenvalue weighted by Gasteiger charge is -2.18. The fourth-order valence-electron chi connectivity index (χ4n) is 5.24. The minimum Gasteiger partial charge on any atom is -0.366 e. The quantitative estimate of drug-likeness (QED) is 0.289. The molecule has 0 spiro atoms. The Kier molecular flexibility index (Phi) is 7.59. The summed E-state index contributed by atoms with van der Waals surface area (Å²) in [7, 11) is 1.65. The average molecular weight is 564 g/mol. The van der Waals surface area contributed by atoms with Crippen LogP contribution in [0.5, 0.6) is 0 Å². The van der Waals surface area contributed by atoms with E-state index in [9.17, 15) is 14.4 Å². The van der Waals surface area contributed by atoms with Gasteiger partial charge in [0.25, 0.3) is 5.91 Å². The maximum atomic E-state index is 13.1. The van der Waals surface area contributed by atoms with E-state index in [1.54, 1.807) is 37.4 Å². The van der Waals surface area contributed by atoms with E-state index in [0.717, 1.165) is 35.0 Å². The van der Waals surface area contributed by atoms with Crippen molar-refractivity contribution >= 4 is 52.0 Å². The normalized spacial score (nSPS) is 16.8. The number of halogens is 2. The van der Waals surface area contributed by atoms with E-state index < -0.39 is 5.91 Å². The van der Waals surface area contributed by atoms with Gasteiger partial charge in [0.2, 0.25) is 11.8 Å². The standard InChI is InChI=1S/C29H27Cl2N5O3/c1-33-28(38)18-5-7-23(12-18)36-25-13-19(29(39)34-15-16-3-2-4-17(9-16)26(32)37)6-8-24(25)35-27(36)20-10-21(30)14-22(31)11-20/h2-4,6,8-11,13-14,18,23H,5,7,12,15H2,1H3,(H2,32,37)(H,33,38)(H,34,39)/t18-,23+/m1/s1. The Hall–Kier alpha value is -3.88. The van der Waals surface area contributed by atoms with Gasteiger partial charge in [-0.25, -0.2) is 4.98 Å². The highest BCUT2D eigenvalue weighted by Gasteiger charge is 2.33. The minimum atomic E-state index is -0.524. The van der Waals surface area contributed by atoms with Gasteiger partial charge in [0, 0.05) is 52.3 Å². The molecule has 1 saturated carbocycles. The monoisotopic (exact) mass is 563 g/mol. The molecule has 39 heavy (non-hydrogen) atoms. The van der Waals surface area contributed by atoms with Gasteiger partial charge in [-0.05, 0) is 73.4 Å². The van der Waals surface area contributed by atoms with E-state index in [2.05, 4.69) is 15.2 Å². The molecule has 1 heterocycles. The SMILES string of the molecule is CNC(=O)[C@@H]1CC[C@H](n2c(-c3cc(Cl)cc(Cl)c3)nc3ccc(C(=O)NCc4cccc(C(N)=O)c4)cc32)C1. The van der Waals surface area contributed by atoms with Crippen LogP contribution >= 0.6 is 23.2 Å². The molecule has 1 fully saturated rings. The molecule has 2 atom stereocenters. The zero-order chi connectivity index (χ0) is 27.7. The second kappa shape index (κ2) is 11.1. The average Bonchev–Trinajstić information content (AvgIpc) is 3.55. The van der Waals surface area contributed by atoms with Gasteiger partial charge in [-0.2, -0.15) is 0 Å². The number of primary amides is 1. The molecular weight excluding hydrogens is 537 g/mol. The van der Waals surface area contributed by atoms with Gasteiger partial charge in [-0.3, -0.25) is 14.4 Å². The van der Waals surface area contributed by atoms with Crippen LogP contribution in [0.2, 0.25) is 10.0 Å². The van der Waals surface area contributed by atoms with Crippen molar-refractivity contribution in [3.8, 4) is 11.4 Å². The Labute approximate surface area is 235 Å². The molecule has 4 N–H and O–H groups in total. The van der Waals surface area contributed by atoms with Crippen molar-refractivity contribution in [2.75, 3.05) is 7.05 Å². The Balaban J connectivity index is 1.50. The van der Waals surface area contributed by atoms with Crippen molar-refractivity contribution in [1.82, 2.24) is 20.2 Å². The fraction of sp³-hybridized carbons (Fsp3) is 0.241. The minimum absolute atomic E-state index is 0.0000853. The maximum absolute atomic E-state index is 13.1. The Morgan fingerprint density at radius 1 is 1.00 bits per heavy atom. The van der Waals surface area contributed by atoms with Crippen molar-refractivity contribution in [2.24, 2.45) is 11.7 Å². The first kappa shape index (κ1) is 26.7. The van der Waals surface area contributed by atoms with Crippen molar-refractivity contribution in [3.63, 3.8) is 0 Å². The molecule has 0 aliphatic heterocycles. The predicted octanol–water partition coefficient (Wildman–Crippen LogP) is 5.13. The summed E-state index contributed by atoms with van der Waals surface area (Å²) in [5.74, 6) is -0.191. The van der Waals surface area contributed by atoms with Crippen LogP contribution in [0.3, 0.4) is 0 Å². The first-order valence-electron chi connectivity index (χ1n) is 12.6. The lowest BCUT2D eigenvalue weighted by atomic mass is 10.1. The Morgan fingerprint density at radius 2 is 1.77 bits per heavy atom. The number of carbonyl (C=O) groups is 3. The molecule has 5 rings (SSSR count). The highest BCUT2D eigenvalue weighted by atomic mass is 35.5. The summed E-state index contributed by atoms with van der Waals surface area (Å²) in [4.78, 5) is 41.9. The number of fused-ring (bicyclic) bond motifs is 1. The molecule has 3 amide bonds. The second-order valence-corrected chi connectivity index (χ2v) is 10.6. The summed E-state index contributed by atoms with van der Waals surface area (Å²) in [6, 6.07) is 17.5. The fourth-order valence-corrected chi connectivity index (χ4v) is 5.77. The van der Waals surface area contributed by atoms with Gasteiger partial charge in [0.15, 0.2) is 0 Å². The number of rotatable bonds is 7. The van der Waals surface area contributed by atoms with Crippen LogP contribution in [-0.2, 0) is 11.3 Å². The molecule has 0 unspecified atom stereocenters. The van der Waals surface area contributed by atoms with Crippen LogP contribution in [0.1, 0.15) is 51.6 Å². The molecule has 4 aromatic rings. The maximum Gasteiger partial charge on any atom is 0.251 e. The second-order valence-electron chi connectivity index (χ2n) is 9.69. The summed E-state index contributed by atoms with van der Waals surface area (Å²) in [5.41, 5.74) is 9.24. The van der Waals surface area contributed by atoms with E-state index in [4.69, 9.17) is 33.9 Å². The number of hydrogen-bond donors (Lipinski definition) is 3. The van der Waals surface area contributed by atoms with Gasteiger partial charge in [0.1, 0.15) is 5.82 Å². The molecule has 200 valence electrons. The third-order valence-electron chi connectivity index (χ3n) is 7.12. The van der Waals surface area contributed by atoms with E-state index in [0.29, 0.717) is 33.4 Å². The van der Waals surface area contributed by atoms with E-state index in [1.807, 2.05) is 30.3 Å². The molecule has 0 radical (unpaired) electrons. The number of hydrogen-bond acceptors (Lipinski definition) is 4. The van der Waals surface area contributed by atoms with Gasteiger partial charge in [-0.15, -0.1) is 0 Å². The predicted molar refractivity (Wildman–Crippen MR) is 152 cm³/mol. The number of nitrogens with zero attached hydrogens (tertiary/aromatic N) is 2. The van der Waals surface area contributed by atoms with Crippen molar-refractivity contribution in [2.45, 2.75) is 31.8 Å². The molecule has 0 bridgehead atoms. The number of benzene rings is 3. The van der Waals surface area contributed by atoms with Gasteiger partial charge in [-0.1, -0.05) is 35.3 Å². The molecule has 10 heteroatoms. The summed E-state index contributed by atoms with van der Waals surface area (Å²) in [6.45, 7) is 0.236. The van der Waals surface area contributed by atoms with Crippen LogP contribution < -0.4 is 16.4 Å². The number of carbonyl (C=O) groups excluding carboxylic acids is 3. The third-order valence-corrected chi connectivity index (χ3v) is 7.56. The summed E-state index contributed by atoms with van der Waals surface area (Å²) in [6.07, 6.45) is 2.20. The summed E-state index contributed by atoms with van der Waals surface area (Å²) < 4.78 is 2.10. The largest absolute Gasteiger partial charge is 0.366 e. The smallest absolute Gasteiger partial charge is 0.251 e. The number of nitrogens with two attached hydrogens (primary N) is 1. The van der Waals surface area contributed by atoms with Gasteiger partial charge >= 0.3 is 0 Å². The Bertz CT molecular complexity index is 1580. The van der Waals surface area contributed by atoms with Crippen LogP contribution in [-0.4, -0.2) is 34.3 Å². The van der Waals surface area contributed by atoms with Crippen molar-refractivity contribution in [3.05, 3.63) is 87.4 Å². The first-order valence-corrected chi connectivity index (χ1v) is 13.4. The number of nitrogens with one attached hydrogen (secondary N) is 2.